The van der Waals surface area contributed by atoms with Gasteiger partial charge in [-0.15, -0.1) is 0 Å². The number of rotatable bonds is 4. The van der Waals surface area contributed by atoms with Crippen molar-refractivity contribution in [3.8, 4) is 11.1 Å². The molecule has 1 aliphatic carbocycles. The van der Waals surface area contributed by atoms with Crippen molar-refractivity contribution < 1.29 is 0 Å². The zero-order valence-corrected chi connectivity index (χ0v) is 13.5. The third-order valence-corrected chi connectivity index (χ3v) is 4.09. The number of nitrogens with zero attached hydrogens (tertiary/aromatic N) is 2. The van der Waals surface area contributed by atoms with Crippen LogP contribution >= 0.6 is 0 Å². The Bertz CT molecular complexity index is 657. The second-order valence-electron chi connectivity index (χ2n) is 6.59. The van der Waals surface area contributed by atoms with E-state index in [1.165, 1.54) is 33.4 Å². The lowest BCUT2D eigenvalue weighted by atomic mass is 9.97. The molecule has 0 bridgehead atoms. The van der Waals surface area contributed by atoms with Gasteiger partial charge in [0.15, 0.2) is 0 Å². The summed E-state index contributed by atoms with van der Waals surface area (Å²) in [7, 11) is 8.56. The van der Waals surface area contributed by atoms with Crippen LogP contribution in [-0.2, 0) is 19.5 Å². The second kappa shape index (κ2) is 5.63. The summed E-state index contributed by atoms with van der Waals surface area (Å²) < 4.78 is 0. The van der Waals surface area contributed by atoms with E-state index in [0.29, 0.717) is 0 Å². The molecule has 0 aromatic heterocycles. The van der Waals surface area contributed by atoms with Gasteiger partial charge in [0.25, 0.3) is 0 Å². The maximum absolute atomic E-state index is 2.42. The molecule has 110 valence electrons. The highest BCUT2D eigenvalue weighted by molar-refractivity contribution is 5.77. The van der Waals surface area contributed by atoms with Crippen molar-refractivity contribution in [2.75, 3.05) is 28.2 Å². The molecule has 2 nitrogen and oxygen atoms in total. The standard InChI is InChI=1S/C19H24N2/c1-20(2)12-16-10-15-9-14-7-5-6-8-18(14)19(15)11-17(16)13-21(3)4/h5-8,10-11H,9,12-13H2,1-4H3. The molecule has 0 atom stereocenters. The Morgan fingerprint density at radius 3 is 2.05 bits per heavy atom. The van der Waals surface area contributed by atoms with E-state index < -0.39 is 0 Å². The minimum absolute atomic E-state index is 0.999. The topological polar surface area (TPSA) is 6.48 Å². The molecule has 0 fully saturated rings. The highest BCUT2D eigenvalue weighted by atomic mass is 15.1. The van der Waals surface area contributed by atoms with Crippen LogP contribution in [0.5, 0.6) is 0 Å². The Morgan fingerprint density at radius 2 is 1.38 bits per heavy atom. The van der Waals surface area contributed by atoms with E-state index in [2.05, 4.69) is 74.4 Å². The third-order valence-electron chi connectivity index (χ3n) is 4.09. The van der Waals surface area contributed by atoms with Gasteiger partial charge in [0.1, 0.15) is 0 Å². The Labute approximate surface area is 128 Å². The summed E-state index contributed by atoms with van der Waals surface area (Å²) in [5.74, 6) is 0. The maximum Gasteiger partial charge on any atom is 0.0231 e. The van der Waals surface area contributed by atoms with Crippen molar-refractivity contribution in [3.05, 3.63) is 58.7 Å². The van der Waals surface area contributed by atoms with Gasteiger partial charge in [-0.2, -0.15) is 0 Å². The fourth-order valence-electron chi connectivity index (χ4n) is 3.26. The van der Waals surface area contributed by atoms with Crippen LogP contribution < -0.4 is 0 Å². The molecule has 0 unspecified atom stereocenters. The molecule has 1 aliphatic rings. The molecule has 0 aliphatic heterocycles. The van der Waals surface area contributed by atoms with Gasteiger partial charge in [-0.25, -0.2) is 0 Å². The average molecular weight is 280 g/mol. The van der Waals surface area contributed by atoms with Crippen LogP contribution in [0.1, 0.15) is 22.3 Å². The zero-order chi connectivity index (χ0) is 15.0. The fraction of sp³-hybridized carbons (Fsp3) is 0.368. The molecular weight excluding hydrogens is 256 g/mol. The lowest BCUT2D eigenvalue weighted by molar-refractivity contribution is 0.381. The van der Waals surface area contributed by atoms with Gasteiger partial charge >= 0.3 is 0 Å². The summed E-state index contributed by atoms with van der Waals surface area (Å²) in [6.07, 6.45) is 1.08. The van der Waals surface area contributed by atoms with Crippen molar-refractivity contribution in [1.82, 2.24) is 9.80 Å². The fourth-order valence-corrected chi connectivity index (χ4v) is 3.26. The first kappa shape index (κ1) is 14.3. The van der Waals surface area contributed by atoms with E-state index in [9.17, 15) is 0 Å². The summed E-state index contributed by atoms with van der Waals surface area (Å²) in [6, 6.07) is 13.6. The predicted octanol–water partition coefficient (Wildman–Crippen LogP) is 3.38. The van der Waals surface area contributed by atoms with Crippen LogP contribution in [0.25, 0.3) is 11.1 Å². The highest BCUT2D eigenvalue weighted by Crippen LogP contribution is 2.38. The Morgan fingerprint density at radius 1 is 0.762 bits per heavy atom. The number of benzene rings is 2. The summed E-state index contributed by atoms with van der Waals surface area (Å²) in [6.45, 7) is 2.01. The summed E-state index contributed by atoms with van der Waals surface area (Å²) in [4.78, 5) is 4.50. The second-order valence-corrected chi connectivity index (χ2v) is 6.59. The van der Waals surface area contributed by atoms with Gasteiger partial charge in [0, 0.05) is 13.1 Å². The molecule has 2 aromatic carbocycles. The molecule has 21 heavy (non-hydrogen) atoms. The largest absolute Gasteiger partial charge is 0.305 e. The van der Waals surface area contributed by atoms with Gasteiger partial charge < -0.3 is 9.80 Å². The number of hydrogen-bond donors (Lipinski definition) is 0. The molecule has 0 radical (unpaired) electrons. The van der Waals surface area contributed by atoms with Crippen molar-refractivity contribution in [1.29, 1.82) is 0 Å². The van der Waals surface area contributed by atoms with Gasteiger partial charge in [0.2, 0.25) is 0 Å². The Kier molecular flexibility index (Phi) is 3.83. The smallest absolute Gasteiger partial charge is 0.0231 e. The molecule has 2 heteroatoms. The maximum atomic E-state index is 2.42. The van der Waals surface area contributed by atoms with E-state index in [1.54, 1.807) is 0 Å². The van der Waals surface area contributed by atoms with Crippen molar-refractivity contribution in [3.63, 3.8) is 0 Å². The van der Waals surface area contributed by atoms with Crippen LogP contribution in [0.3, 0.4) is 0 Å². The molecule has 0 saturated heterocycles. The van der Waals surface area contributed by atoms with Crippen LogP contribution in [0.2, 0.25) is 0 Å². The van der Waals surface area contributed by atoms with Crippen LogP contribution in [0.4, 0.5) is 0 Å². The number of hydrogen-bond acceptors (Lipinski definition) is 2. The molecule has 0 saturated carbocycles. The van der Waals surface area contributed by atoms with Gasteiger partial charge in [-0.1, -0.05) is 30.3 Å². The average Bonchev–Trinajstić information content (AvgIpc) is 2.75. The molecule has 0 heterocycles. The summed E-state index contributed by atoms with van der Waals surface area (Å²) in [5.41, 5.74) is 8.71. The van der Waals surface area contributed by atoms with E-state index >= 15 is 0 Å². The predicted molar refractivity (Wildman–Crippen MR) is 89.5 cm³/mol. The molecule has 0 N–H and O–H groups in total. The molecule has 3 rings (SSSR count). The van der Waals surface area contributed by atoms with Gasteiger partial charge in [-0.3, -0.25) is 0 Å². The highest BCUT2D eigenvalue weighted by Gasteiger charge is 2.20. The Hall–Kier alpha value is -1.64. The monoisotopic (exact) mass is 280 g/mol. The first-order valence-electron chi connectivity index (χ1n) is 7.57. The van der Waals surface area contributed by atoms with E-state index in [-0.39, 0.29) is 0 Å². The number of fused-ring (bicyclic) bond motifs is 3. The van der Waals surface area contributed by atoms with Crippen LogP contribution in [-0.4, -0.2) is 38.0 Å². The van der Waals surface area contributed by atoms with Crippen molar-refractivity contribution >= 4 is 0 Å². The van der Waals surface area contributed by atoms with Crippen molar-refractivity contribution in [2.24, 2.45) is 0 Å². The van der Waals surface area contributed by atoms with Gasteiger partial charge in [-0.05, 0) is 74.1 Å². The quantitative estimate of drug-likeness (QED) is 0.723. The van der Waals surface area contributed by atoms with Crippen LogP contribution in [0, 0.1) is 0 Å². The molecular formula is C19H24N2. The lowest BCUT2D eigenvalue weighted by Gasteiger charge is -2.19. The minimum Gasteiger partial charge on any atom is -0.305 e. The minimum atomic E-state index is 0.999. The molecule has 0 spiro atoms. The van der Waals surface area contributed by atoms with E-state index in [4.69, 9.17) is 0 Å². The van der Waals surface area contributed by atoms with Crippen LogP contribution in [0.15, 0.2) is 36.4 Å². The SMILES string of the molecule is CN(C)Cc1cc2c(cc1CN(C)C)-c1ccccc1C2. The first-order chi connectivity index (χ1) is 10.0. The zero-order valence-electron chi connectivity index (χ0n) is 13.5. The first-order valence-corrected chi connectivity index (χ1v) is 7.57. The normalized spacial score (nSPS) is 12.9. The molecule has 0 amide bonds. The van der Waals surface area contributed by atoms with Gasteiger partial charge in [0.05, 0.1) is 0 Å². The lowest BCUT2D eigenvalue weighted by Crippen LogP contribution is -2.17. The van der Waals surface area contributed by atoms with E-state index in [0.717, 1.165) is 19.5 Å². The third kappa shape index (κ3) is 2.87. The van der Waals surface area contributed by atoms with E-state index in [1.807, 2.05) is 0 Å². The molecule has 2 aromatic rings. The summed E-state index contributed by atoms with van der Waals surface area (Å²) >= 11 is 0. The summed E-state index contributed by atoms with van der Waals surface area (Å²) in [5, 5.41) is 0. The van der Waals surface area contributed by atoms with Crippen molar-refractivity contribution in [2.45, 2.75) is 19.5 Å². The Balaban J connectivity index is 2.07.